The third kappa shape index (κ3) is 4.27. The lowest BCUT2D eigenvalue weighted by atomic mass is 10.4. The van der Waals surface area contributed by atoms with Crippen LogP contribution in [0.4, 0.5) is 5.82 Å². The summed E-state index contributed by atoms with van der Waals surface area (Å²) in [5.74, 6) is 1.30. The summed E-state index contributed by atoms with van der Waals surface area (Å²) < 4.78 is 25.0. The Kier molecular flexibility index (Phi) is 4.41. The highest BCUT2D eigenvalue weighted by atomic mass is 32.2. The molecule has 0 spiro atoms. The minimum Gasteiger partial charge on any atom is -0.363 e. The van der Waals surface area contributed by atoms with Crippen LogP contribution in [0.5, 0.6) is 0 Å². The standard InChI is InChI=1S/C10H18N4O2S/c1-5-17(15,16)11-7-9-12-8(2)6-10(13-9)14(3)4/h6,11H,5,7H2,1-4H3. The maximum Gasteiger partial charge on any atom is 0.211 e. The summed E-state index contributed by atoms with van der Waals surface area (Å²) in [6.45, 7) is 3.57. The molecule has 1 N–H and O–H groups in total. The zero-order valence-corrected chi connectivity index (χ0v) is 11.4. The molecule has 0 radical (unpaired) electrons. The van der Waals surface area contributed by atoms with Gasteiger partial charge in [-0.3, -0.25) is 0 Å². The molecule has 0 atom stereocenters. The Morgan fingerprint density at radius 1 is 1.35 bits per heavy atom. The Morgan fingerprint density at radius 3 is 2.53 bits per heavy atom. The van der Waals surface area contributed by atoms with Crippen molar-refractivity contribution in [3.8, 4) is 0 Å². The fourth-order valence-electron chi connectivity index (χ4n) is 1.20. The number of nitrogens with zero attached hydrogens (tertiary/aromatic N) is 3. The van der Waals surface area contributed by atoms with Crippen LogP contribution in [0.1, 0.15) is 18.4 Å². The first kappa shape index (κ1) is 13.9. The minimum atomic E-state index is -3.21. The van der Waals surface area contributed by atoms with Crippen LogP contribution < -0.4 is 9.62 Å². The maximum atomic E-state index is 11.3. The molecule has 0 aromatic carbocycles. The van der Waals surface area contributed by atoms with Crippen molar-refractivity contribution in [3.05, 3.63) is 17.6 Å². The SMILES string of the molecule is CCS(=O)(=O)NCc1nc(C)cc(N(C)C)n1. The second-order valence-corrected chi connectivity index (χ2v) is 6.00. The van der Waals surface area contributed by atoms with Crippen LogP contribution in [0.15, 0.2) is 6.07 Å². The fraction of sp³-hybridized carbons (Fsp3) is 0.600. The van der Waals surface area contributed by atoms with Gasteiger partial charge in [-0.1, -0.05) is 0 Å². The van der Waals surface area contributed by atoms with Gasteiger partial charge in [0.25, 0.3) is 0 Å². The molecule has 7 heteroatoms. The lowest BCUT2D eigenvalue weighted by molar-refractivity contribution is 0.580. The summed E-state index contributed by atoms with van der Waals surface area (Å²) in [6, 6.07) is 1.85. The monoisotopic (exact) mass is 258 g/mol. The van der Waals surface area contributed by atoms with Crippen molar-refractivity contribution < 1.29 is 8.42 Å². The Morgan fingerprint density at radius 2 is 2.00 bits per heavy atom. The van der Waals surface area contributed by atoms with Crippen molar-refractivity contribution >= 4 is 15.8 Å². The van der Waals surface area contributed by atoms with Crippen LogP contribution >= 0.6 is 0 Å². The summed E-state index contributed by atoms with van der Waals surface area (Å²) in [6.07, 6.45) is 0. The van der Waals surface area contributed by atoms with Crippen molar-refractivity contribution in [3.63, 3.8) is 0 Å². The molecule has 1 aromatic rings. The van der Waals surface area contributed by atoms with E-state index in [1.807, 2.05) is 32.0 Å². The van der Waals surface area contributed by atoms with E-state index in [0.717, 1.165) is 11.5 Å². The third-order valence-corrected chi connectivity index (χ3v) is 3.52. The van der Waals surface area contributed by atoms with Crippen molar-refractivity contribution in [2.45, 2.75) is 20.4 Å². The van der Waals surface area contributed by atoms with Crippen LogP contribution in [0.3, 0.4) is 0 Å². The molecule has 0 unspecified atom stereocenters. The fourth-order valence-corrected chi connectivity index (χ4v) is 1.75. The topological polar surface area (TPSA) is 75.2 Å². The zero-order valence-electron chi connectivity index (χ0n) is 10.6. The first-order valence-corrected chi connectivity index (χ1v) is 6.98. The van der Waals surface area contributed by atoms with Gasteiger partial charge in [-0.25, -0.2) is 23.1 Å². The van der Waals surface area contributed by atoms with E-state index in [0.29, 0.717) is 5.82 Å². The molecular formula is C10H18N4O2S. The molecule has 1 rings (SSSR count). The van der Waals surface area contributed by atoms with Crippen LogP contribution in [-0.2, 0) is 16.6 Å². The summed E-state index contributed by atoms with van der Waals surface area (Å²) >= 11 is 0. The van der Waals surface area contributed by atoms with Gasteiger partial charge in [0.1, 0.15) is 11.6 Å². The van der Waals surface area contributed by atoms with Crippen LogP contribution in [0.2, 0.25) is 0 Å². The molecule has 0 saturated carbocycles. The number of aryl methyl sites for hydroxylation is 1. The van der Waals surface area contributed by atoms with Crippen molar-refractivity contribution in [1.29, 1.82) is 0 Å². The second kappa shape index (κ2) is 5.42. The largest absolute Gasteiger partial charge is 0.363 e. The smallest absolute Gasteiger partial charge is 0.211 e. The van der Waals surface area contributed by atoms with Gasteiger partial charge in [0, 0.05) is 25.9 Å². The van der Waals surface area contributed by atoms with E-state index >= 15 is 0 Å². The minimum absolute atomic E-state index is 0.0549. The number of hydrogen-bond acceptors (Lipinski definition) is 5. The first-order chi connectivity index (χ1) is 7.84. The Labute approximate surface area is 102 Å². The lowest BCUT2D eigenvalue weighted by Crippen LogP contribution is -2.26. The molecule has 0 fully saturated rings. The maximum absolute atomic E-state index is 11.3. The van der Waals surface area contributed by atoms with Gasteiger partial charge in [0.15, 0.2) is 0 Å². The quantitative estimate of drug-likeness (QED) is 0.821. The van der Waals surface area contributed by atoms with E-state index in [1.54, 1.807) is 6.92 Å². The average Bonchev–Trinajstić information content (AvgIpc) is 2.26. The van der Waals surface area contributed by atoms with Gasteiger partial charge in [-0.05, 0) is 13.8 Å². The van der Waals surface area contributed by atoms with Gasteiger partial charge < -0.3 is 4.90 Å². The highest BCUT2D eigenvalue weighted by molar-refractivity contribution is 7.89. The predicted octanol–water partition coefficient (Wildman–Crippen LogP) is 0.290. The number of aromatic nitrogens is 2. The van der Waals surface area contributed by atoms with E-state index in [2.05, 4.69) is 14.7 Å². The van der Waals surface area contributed by atoms with Gasteiger partial charge in [0.05, 0.1) is 12.3 Å². The number of sulfonamides is 1. The van der Waals surface area contributed by atoms with E-state index in [-0.39, 0.29) is 12.3 Å². The Bertz CT molecular complexity index is 485. The number of nitrogens with one attached hydrogen (secondary N) is 1. The van der Waals surface area contributed by atoms with E-state index in [1.165, 1.54) is 0 Å². The summed E-state index contributed by atoms with van der Waals surface area (Å²) in [5, 5.41) is 0. The highest BCUT2D eigenvalue weighted by Gasteiger charge is 2.09. The van der Waals surface area contributed by atoms with E-state index < -0.39 is 10.0 Å². The number of rotatable bonds is 5. The molecule has 0 aliphatic carbocycles. The van der Waals surface area contributed by atoms with Gasteiger partial charge in [0.2, 0.25) is 10.0 Å². The number of hydrogen-bond donors (Lipinski definition) is 1. The van der Waals surface area contributed by atoms with Crippen LogP contribution in [0, 0.1) is 6.92 Å². The first-order valence-electron chi connectivity index (χ1n) is 5.33. The molecule has 6 nitrogen and oxygen atoms in total. The molecule has 17 heavy (non-hydrogen) atoms. The molecule has 0 aliphatic heterocycles. The molecule has 96 valence electrons. The molecule has 0 amide bonds. The molecule has 1 heterocycles. The highest BCUT2D eigenvalue weighted by Crippen LogP contribution is 2.09. The molecule has 0 bridgehead atoms. The zero-order chi connectivity index (χ0) is 13.1. The Hall–Kier alpha value is -1.21. The van der Waals surface area contributed by atoms with Gasteiger partial charge >= 0.3 is 0 Å². The second-order valence-electron chi connectivity index (χ2n) is 3.90. The normalized spacial score (nSPS) is 11.5. The van der Waals surface area contributed by atoms with Crippen LogP contribution in [-0.4, -0.2) is 38.2 Å². The summed E-state index contributed by atoms with van der Waals surface area (Å²) in [5.41, 5.74) is 0.814. The van der Waals surface area contributed by atoms with E-state index in [9.17, 15) is 8.42 Å². The van der Waals surface area contributed by atoms with Crippen molar-refractivity contribution in [1.82, 2.24) is 14.7 Å². The summed E-state index contributed by atoms with van der Waals surface area (Å²) in [7, 11) is 0.546. The Balaban J connectivity index is 2.85. The molecule has 1 aromatic heterocycles. The molecule has 0 aliphatic rings. The summed E-state index contributed by atoms with van der Waals surface area (Å²) in [4.78, 5) is 10.3. The van der Waals surface area contributed by atoms with Crippen molar-refractivity contribution in [2.75, 3.05) is 24.7 Å². The average molecular weight is 258 g/mol. The third-order valence-electron chi connectivity index (χ3n) is 2.18. The van der Waals surface area contributed by atoms with Gasteiger partial charge in [-0.15, -0.1) is 0 Å². The predicted molar refractivity (Wildman–Crippen MR) is 67.4 cm³/mol. The van der Waals surface area contributed by atoms with E-state index in [4.69, 9.17) is 0 Å². The van der Waals surface area contributed by atoms with Crippen molar-refractivity contribution in [2.24, 2.45) is 0 Å². The number of anilines is 1. The van der Waals surface area contributed by atoms with Gasteiger partial charge in [-0.2, -0.15) is 0 Å². The lowest BCUT2D eigenvalue weighted by Gasteiger charge is -2.13. The molecule has 0 saturated heterocycles. The molecular weight excluding hydrogens is 240 g/mol. The van der Waals surface area contributed by atoms with Crippen LogP contribution in [0.25, 0.3) is 0 Å².